The van der Waals surface area contributed by atoms with Crippen LogP contribution in [0.1, 0.15) is 290 Å². The molecule has 0 aromatic rings. The maximum absolute atomic E-state index is 13.0. The fourth-order valence-electron chi connectivity index (χ4n) is 9.56. The Bertz CT molecular complexity index is 1690. The second-order valence-corrected chi connectivity index (χ2v) is 25.2. The van der Waals surface area contributed by atoms with Crippen molar-refractivity contribution in [2.24, 2.45) is 0 Å². The number of aliphatic hydroxyl groups excluding tert-OH is 1. The Morgan fingerprint density at radius 2 is 0.753 bits per heavy atom. The van der Waals surface area contributed by atoms with Gasteiger partial charge in [-0.25, -0.2) is 0 Å². The van der Waals surface area contributed by atoms with Crippen molar-refractivity contribution in [3.8, 4) is 0 Å². The monoisotopic (exact) mass is 1150 g/mol. The van der Waals surface area contributed by atoms with Crippen LogP contribution in [0.2, 0.25) is 0 Å². The normalized spacial score (nSPS) is 14.4. The largest absolute Gasteiger partial charge is 0.756 e. The fourth-order valence-corrected chi connectivity index (χ4v) is 10.3. The van der Waals surface area contributed by atoms with Gasteiger partial charge in [0, 0.05) is 6.42 Å². The Kier molecular flexibility index (Phi) is 59.5. The van der Waals surface area contributed by atoms with E-state index in [0.29, 0.717) is 23.9 Å². The number of phosphoric acid groups is 1. The summed E-state index contributed by atoms with van der Waals surface area (Å²) in [5.41, 5.74) is 0. The van der Waals surface area contributed by atoms with Gasteiger partial charge < -0.3 is 28.8 Å². The molecule has 0 saturated heterocycles. The number of carbonyl (C=O) groups is 1. The van der Waals surface area contributed by atoms with E-state index in [4.69, 9.17) is 9.05 Å². The van der Waals surface area contributed by atoms with E-state index in [-0.39, 0.29) is 19.1 Å². The highest BCUT2D eigenvalue weighted by Crippen LogP contribution is 2.38. The Morgan fingerprint density at radius 3 is 1.09 bits per heavy atom. The van der Waals surface area contributed by atoms with E-state index < -0.39 is 20.0 Å². The number of amides is 1. The Balaban J connectivity index is 4.19. The van der Waals surface area contributed by atoms with Gasteiger partial charge in [-0.3, -0.25) is 9.36 Å². The number of likely N-dealkylation sites (N-methyl/N-ethyl adjacent to an activating group) is 1. The summed E-state index contributed by atoms with van der Waals surface area (Å²) in [6.45, 7) is 4.60. The van der Waals surface area contributed by atoms with E-state index in [1.165, 1.54) is 161 Å². The number of hydrogen-bond donors (Lipinski definition) is 2. The summed E-state index contributed by atoms with van der Waals surface area (Å²) in [5.74, 6) is -0.197. The predicted molar refractivity (Wildman–Crippen MR) is 352 cm³/mol. The number of aliphatic hydroxyl groups is 1. The zero-order valence-electron chi connectivity index (χ0n) is 53.5. The van der Waals surface area contributed by atoms with Crippen LogP contribution in [0, 0.1) is 0 Å². The van der Waals surface area contributed by atoms with Gasteiger partial charge in [0.05, 0.1) is 39.9 Å². The number of unbranched alkanes of at least 4 members (excludes halogenated alkanes) is 30. The van der Waals surface area contributed by atoms with Gasteiger partial charge in [0.15, 0.2) is 0 Å². The Hall–Kier alpha value is -2.84. The molecule has 0 aromatic carbocycles. The summed E-state index contributed by atoms with van der Waals surface area (Å²) in [7, 11) is 1.27. The third-order valence-corrected chi connectivity index (χ3v) is 15.7. The van der Waals surface area contributed by atoms with Crippen molar-refractivity contribution in [1.82, 2.24) is 5.32 Å². The molecule has 8 nitrogen and oxygen atoms in total. The van der Waals surface area contributed by atoms with Crippen LogP contribution in [0.4, 0.5) is 0 Å². The molecule has 0 radical (unpaired) electrons. The quantitative estimate of drug-likeness (QED) is 0.0272. The molecule has 0 fully saturated rings. The lowest BCUT2D eigenvalue weighted by atomic mass is 10.0. The molecule has 1 amide bonds. The third kappa shape index (κ3) is 64.6. The van der Waals surface area contributed by atoms with Gasteiger partial charge in [-0.15, -0.1) is 0 Å². The minimum atomic E-state index is -4.60. The summed E-state index contributed by atoms with van der Waals surface area (Å²) in [6.07, 6.45) is 90.1. The van der Waals surface area contributed by atoms with E-state index in [2.05, 4.69) is 129 Å². The van der Waals surface area contributed by atoms with Crippen LogP contribution < -0.4 is 10.2 Å². The number of allylic oxidation sites excluding steroid dienone is 18. The summed E-state index contributed by atoms with van der Waals surface area (Å²) in [5, 5.41) is 14.1. The SMILES string of the molecule is CC/C=C\C/C=C\C/C=C\C/C=C\C/C=C\C/C=C\C/C=C\C/C=C\C/C=C\CCCCCC(=O)NC(COP(=O)([O-])OCC[N+](C)(C)C)C(O)CCCCCCCCCCCCCCCCCCCCCCCCCCCCCC. The molecule has 0 bridgehead atoms. The predicted octanol–water partition coefficient (Wildman–Crippen LogP) is 20.9. The highest BCUT2D eigenvalue weighted by molar-refractivity contribution is 7.45. The van der Waals surface area contributed by atoms with Crippen molar-refractivity contribution in [2.75, 3.05) is 40.9 Å². The Labute approximate surface area is 501 Å². The van der Waals surface area contributed by atoms with Gasteiger partial charge in [0.25, 0.3) is 7.82 Å². The molecule has 468 valence electrons. The molecular weight excluding hydrogens is 1020 g/mol. The van der Waals surface area contributed by atoms with Crippen molar-refractivity contribution < 1.29 is 32.9 Å². The molecule has 0 aromatic heterocycles. The first-order valence-electron chi connectivity index (χ1n) is 33.7. The van der Waals surface area contributed by atoms with E-state index in [9.17, 15) is 19.4 Å². The molecule has 3 unspecified atom stereocenters. The summed E-state index contributed by atoms with van der Waals surface area (Å²) in [6, 6.07) is -0.829. The van der Waals surface area contributed by atoms with Gasteiger partial charge >= 0.3 is 0 Å². The molecule has 0 spiro atoms. The third-order valence-electron chi connectivity index (χ3n) is 14.8. The molecular formula is C72H129N2O6P. The van der Waals surface area contributed by atoms with Crippen LogP contribution in [-0.2, 0) is 18.4 Å². The van der Waals surface area contributed by atoms with Crippen molar-refractivity contribution in [3.05, 3.63) is 109 Å². The van der Waals surface area contributed by atoms with E-state index >= 15 is 0 Å². The molecule has 2 N–H and O–H groups in total. The molecule has 0 aliphatic heterocycles. The summed E-state index contributed by atoms with van der Waals surface area (Å²) < 4.78 is 23.5. The molecule has 3 atom stereocenters. The fraction of sp³-hybridized carbons (Fsp3) is 0.736. The van der Waals surface area contributed by atoms with Crippen molar-refractivity contribution in [3.63, 3.8) is 0 Å². The number of phosphoric ester groups is 1. The second-order valence-electron chi connectivity index (χ2n) is 23.8. The molecule has 0 heterocycles. The topological polar surface area (TPSA) is 108 Å². The maximum atomic E-state index is 13.0. The van der Waals surface area contributed by atoms with Crippen molar-refractivity contribution >= 4 is 13.7 Å². The number of quaternary nitrogens is 1. The number of rotatable bonds is 61. The van der Waals surface area contributed by atoms with Gasteiger partial charge in [0.2, 0.25) is 5.91 Å². The number of nitrogens with one attached hydrogen (secondary N) is 1. The van der Waals surface area contributed by atoms with Gasteiger partial charge in [-0.1, -0.05) is 309 Å². The molecule has 9 heteroatoms. The van der Waals surface area contributed by atoms with Gasteiger partial charge in [-0.2, -0.15) is 0 Å². The van der Waals surface area contributed by atoms with E-state index in [0.717, 1.165) is 103 Å². The first-order valence-corrected chi connectivity index (χ1v) is 35.2. The average Bonchev–Trinajstić information content (AvgIpc) is 3.43. The average molecular weight is 1150 g/mol. The lowest BCUT2D eigenvalue weighted by molar-refractivity contribution is -0.870. The van der Waals surface area contributed by atoms with Crippen LogP contribution >= 0.6 is 7.82 Å². The summed E-state index contributed by atoms with van der Waals surface area (Å²) >= 11 is 0. The lowest BCUT2D eigenvalue weighted by Crippen LogP contribution is -2.46. The van der Waals surface area contributed by atoms with Crippen LogP contribution in [0.5, 0.6) is 0 Å². The molecule has 0 saturated carbocycles. The standard InChI is InChI=1S/C72H129N2O6P/c1-6-8-10-12-14-16-18-20-22-24-26-28-30-32-34-36-37-38-40-42-44-46-48-50-52-54-56-58-60-62-64-66-72(76)73-70(69-80-81(77,78)79-68-67-74(3,4)5)71(75)65-63-61-59-57-55-53-51-49-47-45-43-41-39-35-33-31-29-27-25-23-21-19-17-15-13-11-9-7-2/h8,10,14,16,20,22,26,28,32,34,37-38,42,44,48,50,54,56,70-71,75H,6-7,9,11-13,15,17-19,21,23-25,27,29-31,33,35-36,39-41,43,45-47,49,51-53,55,57-69H2,1-5H3,(H-,73,76,77,78)/b10-8-,16-14-,22-20-,28-26-,34-32-,38-37-,44-42-,50-48-,56-54-. The minimum absolute atomic E-state index is 0.000183. The smallest absolute Gasteiger partial charge is 0.268 e. The van der Waals surface area contributed by atoms with Crippen molar-refractivity contribution in [2.45, 2.75) is 302 Å². The molecule has 0 aliphatic rings. The zero-order valence-corrected chi connectivity index (χ0v) is 54.4. The highest BCUT2D eigenvalue weighted by Gasteiger charge is 2.24. The first kappa shape index (κ1) is 78.2. The number of hydrogen-bond acceptors (Lipinski definition) is 6. The van der Waals surface area contributed by atoms with Gasteiger partial charge in [-0.05, 0) is 83.5 Å². The van der Waals surface area contributed by atoms with E-state index in [1.807, 2.05) is 21.1 Å². The van der Waals surface area contributed by atoms with Crippen LogP contribution in [0.3, 0.4) is 0 Å². The maximum Gasteiger partial charge on any atom is 0.268 e. The van der Waals surface area contributed by atoms with E-state index in [1.54, 1.807) is 0 Å². The van der Waals surface area contributed by atoms with Crippen LogP contribution in [0.25, 0.3) is 0 Å². The summed E-state index contributed by atoms with van der Waals surface area (Å²) in [4.78, 5) is 25.6. The zero-order chi connectivity index (χ0) is 59.1. The highest BCUT2D eigenvalue weighted by atomic mass is 31.2. The second kappa shape index (κ2) is 61.7. The van der Waals surface area contributed by atoms with Crippen LogP contribution in [-0.4, -0.2) is 68.5 Å². The lowest BCUT2D eigenvalue weighted by Gasteiger charge is -2.30. The molecule has 81 heavy (non-hydrogen) atoms. The van der Waals surface area contributed by atoms with Crippen LogP contribution in [0.15, 0.2) is 109 Å². The minimum Gasteiger partial charge on any atom is -0.756 e. The molecule has 0 aliphatic carbocycles. The van der Waals surface area contributed by atoms with Crippen molar-refractivity contribution in [1.29, 1.82) is 0 Å². The van der Waals surface area contributed by atoms with Gasteiger partial charge in [0.1, 0.15) is 13.2 Å². The molecule has 0 rings (SSSR count). The first-order chi connectivity index (χ1) is 39.5. The number of carbonyl (C=O) groups excluding carboxylic acids is 1. The number of nitrogens with zero attached hydrogens (tertiary/aromatic N) is 1. The Morgan fingerprint density at radius 1 is 0.444 bits per heavy atom.